The van der Waals surface area contributed by atoms with Gasteiger partial charge in [0.2, 0.25) is 0 Å². The molecule has 0 amide bonds. The lowest BCUT2D eigenvalue weighted by Gasteiger charge is -2.21. The Labute approximate surface area is 233 Å². The molecule has 0 atom stereocenters. The predicted octanol–water partition coefficient (Wildman–Crippen LogP) is 6.16. The molecule has 0 saturated heterocycles. The molecule has 202 valence electrons. The largest absolute Gasteiger partial charge is 0.461 e. The molecule has 2 aromatic heterocycles. The van der Waals surface area contributed by atoms with Crippen LogP contribution in [0.15, 0.2) is 89.7 Å². The van der Waals surface area contributed by atoms with Crippen molar-refractivity contribution in [3.8, 4) is 17.3 Å². The molecule has 0 aliphatic rings. The maximum atomic E-state index is 14.1. The van der Waals surface area contributed by atoms with Crippen LogP contribution in [0.1, 0.15) is 37.8 Å². The zero-order valence-corrected chi connectivity index (χ0v) is 22.8. The van der Waals surface area contributed by atoms with E-state index in [1.807, 2.05) is 54.6 Å². The summed E-state index contributed by atoms with van der Waals surface area (Å²) in [4.78, 5) is 28.8. The van der Waals surface area contributed by atoms with Crippen LogP contribution in [0.2, 0.25) is 0 Å². The number of carbonyl (C=O) groups excluding carboxylic acids is 1. The second-order valence-corrected chi connectivity index (χ2v) is 9.72. The highest BCUT2D eigenvalue weighted by Gasteiger charge is 2.16. The van der Waals surface area contributed by atoms with Crippen LogP contribution in [-0.4, -0.2) is 28.0 Å². The third kappa shape index (κ3) is 5.48. The van der Waals surface area contributed by atoms with Crippen molar-refractivity contribution in [3.05, 3.63) is 107 Å². The summed E-state index contributed by atoms with van der Waals surface area (Å²) in [6.07, 6.45) is 0.648. The van der Waals surface area contributed by atoms with Crippen molar-refractivity contribution in [2.75, 3.05) is 18.0 Å². The SMILES string of the molecule is CCN(CC)c1ccc2cc3cc(-c4ccc(C#N)cc4)n(CCCC(=O)OCc4ccccc4)c(=O)n3c2c1. The second kappa shape index (κ2) is 11.9. The lowest BCUT2D eigenvalue weighted by Crippen LogP contribution is -2.28. The highest BCUT2D eigenvalue weighted by atomic mass is 16.5. The molecular formula is C33H32N4O3. The number of carbonyl (C=O) groups is 1. The lowest BCUT2D eigenvalue weighted by molar-refractivity contribution is -0.145. The molecule has 7 heteroatoms. The van der Waals surface area contributed by atoms with E-state index in [1.54, 1.807) is 21.1 Å². The number of fused-ring (bicyclic) bond motifs is 3. The Morgan fingerprint density at radius 2 is 1.70 bits per heavy atom. The molecule has 40 heavy (non-hydrogen) atoms. The Morgan fingerprint density at radius 3 is 2.40 bits per heavy atom. The molecule has 0 radical (unpaired) electrons. The first-order valence-electron chi connectivity index (χ1n) is 13.7. The van der Waals surface area contributed by atoms with E-state index in [9.17, 15) is 14.9 Å². The molecular weight excluding hydrogens is 500 g/mol. The fraction of sp³-hybridized carbons (Fsp3) is 0.242. The van der Waals surface area contributed by atoms with Crippen LogP contribution in [0.3, 0.4) is 0 Å². The van der Waals surface area contributed by atoms with Crippen molar-refractivity contribution >= 4 is 28.1 Å². The molecule has 0 aliphatic heterocycles. The summed E-state index contributed by atoms with van der Waals surface area (Å²) in [5.41, 5.74) is 5.62. The number of esters is 1. The standard InChI is InChI=1S/C33H32N4O3/c1-3-35(4-2)28-17-16-27-19-29-21-30(26-14-12-24(22-34)13-15-26)36(33(39)37(29)31(27)20-28)18-8-11-32(38)40-23-25-9-6-5-7-10-25/h5-7,9-10,12-17,19-21H,3-4,8,11,18,23H2,1-2H3. The summed E-state index contributed by atoms with van der Waals surface area (Å²) in [5, 5.41) is 10.2. The molecule has 0 bridgehead atoms. The van der Waals surface area contributed by atoms with Crippen LogP contribution in [0.25, 0.3) is 27.7 Å². The number of aromatic nitrogens is 2. The highest BCUT2D eigenvalue weighted by molar-refractivity contribution is 5.90. The Kier molecular flexibility index (Phi) is 7.97. The molecule has 0 unspecified atom stereocenters. The van der Waals surface area contributed by atoms with Crippen LogP contribution in [-0.2, 0) is 22.7 Å². The zero-order chi connectivity index (χ0) is 28.1. The Balaban J connectivity index is 1.50. The quantitative estimate of drug-likeness (QED) is 0.201. The monoisotopic (exact) mass is 532 g/mol. The van der Waals surface area contributed by atoms with Crippen molar-refractivity contribution in [2.45, 2.75) is 39.8 Å². The summed E-state index contributed by atoms with van der Waals surface area (Å²) < 4.78 is 8.92. The normalized spacial score (nSPS) is 11.0. The van der Waals surface area contributed by atoms with Crippen LogP contribution in [0.5, 0.6) is 0 Å². The summed E-state index contributed by atoms with van der Waals surface area (Å²) in [6, 6.07) is 29.2. The molecule has 5 rings (SSSR count). The fourth-order valence-corrected chi connectivity index (χ4v) is 5.12. The van der Waals surface area contributed by atoms with Gasteiger partial charge in [-0.1, -0.05) is 48.5 Å². The van der Waals surface area contributed by atoms with Gasteiger partial charge in [-0.3, -0.25) is 13.8 Å². The topological polar surface area (TPSA) is 79.7 Å². The molecule has 5 aromatic rings. The van der Waals surface area contributed by atoms with Crippen molar-refractivity contribution in [2.24, 2.45) is 0 Å². The number of hydrogen-bond acceptors (Lipinski definition) is 5. The van der Waals surface area contributed by atoms with Crippen LogP contribution in [0, 0.1) is 11.3 Å². The minimum absolute atomic E-state index is 0.166. The number of nitriles is 1. The molecule has 7 nitrogen and oxygen atoms in total. The van der Waals surface area contributed by atoms with Gasteiger partial charge in [0, 0.05) is 37.1 Å². The number of rotatable bonds is 10. The summed E-state index contributed by atoms with van der Waals surface area (Å²) in [5.74, 6) is -0.298. The smallest absolute Gasteiger partial charge is 0.333 e. The van der Waals surface area contributed by atoms with Gasteiger partial charge in [0.15, 0.2) is 0 Å². The van der Waals surface area contributed by atoms with E-state index < -0.39 is 0 Å². The Hall–Kier alpha value is -4.83. The number of hydrogen-bond donors (Lipinski definition) is 0. The molecule has 0 aliphatic carbocycles. The van der Waals surface area contributed by atoms with Crippen molar-refractivity contribution < 1.29 is 9.53 Å². The number of ether oxygens (including phenoxy) is 1. The molecule has 0 spiro atoms. The van der Waals surface area contributed by atoms with Gasteiger partial charge in [0.05, 0.1) is 28.4 Å². The molecule has 0 N–H and O–H groups in total. The van der Waals surface area contributed by atoms with Crippen molar-refractivity contribution in [1.82, 2.24) is 8.97 Å². The predicted molar refractivity (Wildman–Crippen MR) is 158 cm³/mol. The van der Waals surface area contributed by atoms with Crippen LogP contribution in [0.4, 0.5) is 5.69 Å². The zero-order valence-electron chi connectivity index (χ0n) is 22.8. The van der Waals surface area contributed by atoms with E-state index in [4.69, 9.17) is 4.74 Å². The van der Waals surface area contributed by atoms with Gasteiger partial charge in [0.25, 0.3) is 0 Å². The summed E-state index contributed by atoms with van der Waals surface area (Å²) in [6.45, 7) is 6.56. The number of nitrogens with zero attached hydrogens (tertiary/aromatic N) is 4. The number of benzene rings is 3. The Morgan fingerprint density at radius 1 is 0.950 bits per heavy atom. The van der Waals surface area contributed by atoms with Gasteiger partial charge in [-0.25, -0.2) is 4.79 Å². The first-order chi connectivity index (χ1) is 19.5. The van der Waals surface area contributed by atoms with E-state index in [2.05, 4.69) is 43.0 Å². The van der Waals surface area contributed by atoms with Gasteiger partial charge in [0.1, 0.15) is 6.61 Å². The van der Waals surface area contributed by atoms with Crippen LogP contribution < -0.4 is 10.6 Å². The van der Waals surface area contributed by atoms with E-state index >= 15 is 0 Å². The molecule has 2 heterocycles. The van der Waals surface area contributed by atoms with Crippen LogP contribution >= 0.6 is 0 Å². The summed E-state index contributed by atoms with van der Waals surface area (Å²) in [7, 11) is 0. The number of anilines is 1. The highest BCUT2D eigenvalue weighted by Crippen LogP contribution is 2.28. The fourth-order valence-electron chi connectivity index (χ4n) is 5.12. The third-order valence-electron chi connectivity index (χ3n) is 7.26. The van der Waals surface area contributed by atoms with Gasteiger partial charge in [-0.15, -0.1) is 0 Å². The minimum atomic E-state index is -0.298. The first kappa shape index (κ1) is 26.8. The summed E-state index contributed by atoms with van der Waals surface area (Å²) >= 11 is 0. The van der Waals surface area contributed by atoms with E-state index in [-0.39, 0.29) is 24.7 Å². The minimum Gasteiger partial charge on any atom is -0.461 e. The maximum Gasteiger partial charge on any atom is 0.333 e. The van der Waals surface area contributed by atoms with Crippen molar-refractivity contribution in [3.63, 3.8) is 0 Å². The lowest BCUT2D eigenvalue weighted by atomic mass is 10.1. The van der Waals surface area contributed by atoms with E-state index in [1.165, 1.54) is 0 Å². The van der Waals surface area contributed by atoms with Gasteiger partial charge in [-0.05, 0) is 67.8 Å². The third-order valence-corrected chi connectivity index (χ3v) is 7.26. The average molecular weight is 533 g/mol. The Bertz CT molecular complexity index is 1740. The first-order valence-corrected chi connectivity index (χ1v) is 13.7. The maximum absolute atomic E-state index is 14.1. The molecule has 0 saturated carbocycles. The van der Waals surface area contributed by atoms with Crippen molar-refractivity contribution in [1.29, 1.82) is 5.26 Å². The van der Waals surface area contributed by atoms with E-state index in [0.29, 0.717) is 18.5 Å². The van der Waals surface area contributed by atoms with Gasteiger partial charge >= 0.3 is 11.7 Å². The van der Waals surface area contributed by atoms with Gasteiger partial charge < -0.3 is 9.64 Å². The molecule has 0 fully saturated rings. The second-order valence-electron chi connectivity index (χ2n) is 9.72. The average Bonchev–Trinajstić information content (AvgIpc) is 3.36. The van der Waals surface area contributed by atoms with E-state index in [0.717, 1.165) is 52.0 Å². The molecule has 3 aromatic carbocycles. The van der Waals surface area contributed by atoms with Gasteiger partial charge in [-0.2, -0.15) is 5.26 Å².